The third-order valence-electron chi connectivity index (χ3n) is 4.55. The maximum atomic E-state index is 13.3. The summed E-state index contributed by atoms with van der Waals surface area (Å²) in [5.41, 5.74) is -1.56. The van der Waals surface area contributed by atoms with Gasteiger partial charge in [0.1, 0.15) is 12.0 Å². The molecular formula is C15H20F2N4O3. The second-order valence-electron chi connectivity index (χ2n) is 7.08. The normalized spacial score (nSPS) is 26.4. The summed E-state index contributed by atoms with van der Waals surface area (Å²) in [6.07, 6.45) is -0.641. The Balaban J connectivity index is 1.64. The van der Waals surface area contributed by atoms with Crippen LogP contribution in [0.25, 0.3) is 0 Å². The number of likely N-dealkylation sites (N-methyl/N-ethyl adjacent to an activating group) is 1. The molecule has 0 radical (unpaired) electrons. The maximum Gasteiger partial charge on any atom is 0.253 e. The van der Waals surface area contributed by atoms with Gasteiger partial charge in [-0.15, -0.1) is 0 Å². The number of hydrogen-bond acceptors (Lipinski definition) is 5. The summed E-state index contributed by atoms with van der Waals surface area (Å²) in [5, 5.41) is 6.28. The van der Waals surface area contributed by atoms with Crippen molar-refractivity contribution in [1.82, 2.24) is 20.4 Å². The van der Waals surface area contributed by atoms with E-state index in [0.29, 0.717) is 11.7 Å². The molecule has 2 saturated carbocycles. The number of amides is 2. The Kier molecular flexibility index (Phi) is 3.84. The van der Waals surface area contributed by atoms with E-state index in [1.54, 1.807) is 0 Å². The summed E-state index contributed by atoms with van der Waals surface area (Å²) < 4.78 is 31.6. The predicted molar refractivity (Wildman–Crippen MR) is 78.3 cm³/mol. The van der Waals surface area contributed by atoms with E-state index < -0.39 is 36.1 Å². The number of hydrogen-bond donors (Lipinski definition) is 1. The molecule has 1 aromatic rings. The Morgan fingerprint density at radius 2 is 2.00 bits per heavy atom. The summed E-state index contributed by atoms with van der Waals surface area (Å²) in [6.45, 7) is 2.07. The summed E-state index contributed by atoms with van der Waals surface area (Å²) in [7, 11) is 2.93. The van der Waals surface area contributed by atoms with Gasteiger partial charge in [-0.25, -0.2) is 8.78 Å². The number of carbonyl (C=O) groups is 2. The highest BCUT2D eigenvalue weighted by atomic mass is 19.3. The minimum absolute atomic E-state index is 0.125. The number of carbonyl (C=O) groups excluding carboxylic acids is 2. The fourth-order valence-electron chi connectivity index (χ4n) is 3.17. The van der Waals surface area contributed by atoms with Crippen LogP contribution in [0.15, 0.2) is 4.52 Å². The molecule has 0 aliphatic heterocycles. The minimum atomic E-state index is -2.95. The van der Waals surface area contributed by atoms with Crippen molar-refractivity contribution < 1.29 is 22.9 Å². The number of halogens is 2. The molecule has 1 heterocycles. The van der Waals surface area contributed by atoms with Crippen molar-refractivity contribution in [3.63, 3.8) is 0 Å². The molecule has 0 bridgehead atoms. The topological polar surface area (TPSA) is 88.3 Å². The largest absolute Gasteiger partial charge is 0.347 e. The van der Waals surface area contributed by atoms with Crippen LogP contribution in [-0.2, 0) is 16.0 Å². The fraction of sp³-hybridized carbons (Fsp3) is 0.733. The van der Waals surface area contributed by atoms with Crippen molar-refractivity contribution in [3.8, 4) is 0 Å². The number of rotatable bonds is 5. The van der Waals surface area contributed by atoms with Gasteiger partial charge in [-0.1, -0.05) is 12.1 Å². The summed E-state index contributed by atoms with van der Waals surface area (Å²) in [6, 6.07) is 0. The standard InChI is InChI=1S/C15H20F2N4O3/c1-8-4-9(8)12-18-11(24-20-12)5-10(22)19-14(13(23)21(2)3)6-15(16,17)7-14/h8-9H,4-7H2,1-3H3,(H,19,22). The third kappa shape index (κ3) is 3.11. The lowest BCUT2D eigenvalue weighted by Crippen LogP contribution is -2.69. The van der Waals surface area contributed by atoms with Crippen molar-refractivity contribution >= 4 is 11.8 Å². The van der Waals surface area contributed by atoms with Crippen molar-refractivity contribution in [2.75, 3.05) is 14.1 Å². The van der Waals surface area contributed by atoms with Crippen LogP contribution >= 0.6 is 0 Å². The van der Waals surface area contributed by atoms with Crippen LogP contribution in [0.5, 0.6) is 0 Å². The maximum absolute atomic E-state index is 13.3. The first-order chi connectivity index (χ1) is 11.1. The van der Waals surface area contributed by atoms with Gasteiger partial charge < -0.3 is 14.7 Å². The van der Waals surface area contributed by atoms with E-state index in [4.69, 9.17) is 4.52 Å². The number of aromatic nitrogens is 2. The molecule has 2 unspecified atom stereocenters. The van der Waals surface area contributed by atoms with Gasteiger partial charge >= 0.3 is 0 Å². The molecular weight excluding hydrogens is 322 g/mol. The molecule has 1 aromatic heterocycles. The smallest absolute Gasteiger partial charge is 0.253 e. The first-order valence-corrected chi connectivity index (χ1v) is 7.85. The van der Waals surface area contributed by atoms with Gasteiger partial charge in [0.2, 0.25) is 17.7 Å². The molecule has 24 heavy (non-hydrogen) atoms. The SMILES string of the molecule is CC1CC1c1noc(CC(=O)NC2(C(=O)N(C)C)CC(F)(F)C2)n1. The lowest BCUT2D eigenvalue weighted by atomic mass is 9.72. The Labute approximate surface area is 137 Å². The van der Waals surface area contributed by atoms with E-state index in [2.05, 4.69) is 22.4 Å². The average Bonchev–Trinajstić information content (AvgIpc) is 2.98. The van der Waals surface area contributed by atoms with Crippen LogP contribution in [0.1, 0.15) is 43.8 Å². The fourth-order valence-corrected chi connectivity index (χ4v) is 3.17. The molecule has 132 valence electrons. The van der Waals surface area contributed by atoms with Crippen molar-refractivity contribution in [3.05, 3.63) is 11.7 Å². The van der Waals surface area contributed by atoms with Crippen LogP contribution in [0.2, 0.25) is 0 Å². The zero-order valence-corrected chi connectivity index (χ0v) is 13.8. The second-order valence-corrected chi connectivity index (χ2v) is 7.08. The zero-order chi connectivity index (χ0) is 17.7. The van der Waals surface area contributed by atoms with Crippen molar-refractivity contribution in [2.45, 2.75) is 50.0 Å². The first kappa shape index (κ1) is 16.8. The first-order valence-electron chi connectivity index (χ1n) is 7.85. The van der Waals surface area contributed by atoms with Gasteiger partial charge in [0.05, 0.1) is 0 Å². The molecule has 9 heteroatoms. The monoisotopic (exact) mass is 342 g/mol. The number of alkyl halides is 2. The van der Waals surface area contributed by atoms with Crippen LogP contribution in [0.4, 0.5) is 8.78 Å². The lowest BCUT2D eigenvalue weighted by molar-refractivity contribution is -0.172. The average molecular weight is 342 g/mol. The summed E-state index contributed by atoms with van der Waals surface area (Å²) in [4.78, 5) is 29.7. The van der Waals surface area contributed by atoms with Gasteiger partial charge in [0.15, 0.2) is 5.82 Å². The van der Waals surface area contributed by atoms with E-state index in [1.807, 2.05) is 0 Å². The summed E-state index contributed by atoms with van der Waals surface area (Å²) >= 11 is 0. The highest BCUT2D eigenvalue weighted by Crippen LogP contribution is 2.47. The molecule has 2 amide bonds. The summed E-state index contributed by atoms with van der Waals surface area (Å²) in [5.74, 6) is -2.61. The number of nitrogens with one attached hydrogen (secondary N) is 1. The lowest BCUT2D eigenvalue weighted by Gasteiger charge is -2.47. The Morgan fingerprint density at radius 1 is 1.38 bits per heavy atom. The van der Waals surface area contributed by atoms with Crippen molar-refractivity contribution in [2.24, 2.45) is 5.92 Å². The van der Waals surface area contributed by atoms with Crippen LogP contribution < -0.4 is 5.32 Å². The zero-order valence-electron chi connectivity index (χ0n) is 13.8. The Morgan fingerprint density at radius 3 is 2.50 bits per heavy atom. The predicted octanol–water partition coefficient (Wildman–Crippen LogP) is 1.11. The molecule has 3 rings (SSSR count). The van der Waals surface area contributed by atoms with E-state index in [9.17, 15) is 18.4 Å². The van der Waals surface area contributed by atoms with E-state index >= 15 is 0 Å². The van der Waals surface area contributed by atoms with Crippen molar-refractivity contribution in [1.29, 1.82) is 0 Å². The van der Waals surface area contributed by atoms with Gasteiger partial charge in [0, 0.05) is 32.9 Å². The van der Waals surface area contributed by atoms with Crippen LogP contribution in [0.3, 0.4) is 0 Å². The van der Waals surface area contributed by atoms with Gasteiger partial charge in [-0.2, -0.15) is 4.98 Å². The molecule has 2 aliphatic carbocycles. The number of nitrogens with zero attached hydrogens (tertiary/aromatic N) is 3. The molecule has 0 spiro atoms. The molecule has 0 saturated heterocycles. The molecule has 2 atom stereocenters. The Bertz CT molecular complexity index is 665. The highest BCUT2D eigenvalue weighted by Gasteiger charge is 2.62. The third-order valence-corrected chi connectivity index (χ3v) is 4.55. The second kappa shape index (κ2) is 5.49. The van der Waals surface area contributed by atoms with E-state index in [0.717, 1.165) is 6.42 Å². The highest BCUT2D eigenvalue weighted by molar-refractivity contribution is 5.93. The van der Waals surface area contributed by atoms with Gasteiger partial charge in [-0.05, 0) is 12.3 Å². The van der Waals surface area contributed by atoms with Gasteiger partial charge in [0.25, 0.3) is 5.92 Å². The van der Waals surface area contributed by atoms with Gasteiger partial charge in [-0.3, -0.25) is 9.59 Å². The van der Waals surface area contributed by atoms with Crippen LogP contribution in [0, 0.1) is 5.92 Å². The molecule has 2 aliphatic rings. The molecule has 1 N–H and O–H groups in total. The van der Waals surface area contributed by atoms with E-state index in [-0.39, 0.29) is 18.2 Å². The minimum Gasteiger partial charge on any atom is -0.347 e. The Hall–Kier alpha value is -2.06. The van der Waals surface area contributed by atoms with E-state index in [1.165, 1.54) is 19.0 Å². The molecule has 7 nitrogen and oxygen atoms in total. The van der Waals surface area contributed by atoms with Crippen LogP contribution in [-0.4, -0.2) is 52.4 Å². The molecule has 0 aromatic carbocycles. The quantitative estimate of drug-likeness (QED) is 0.866. The molecule has 2 fully saturated rings.